The molecule has 1 atom stereocenters. The molecule has 0 saturated heterocycles. The van der Waals surface area contributed by atoms with Gasteiger partial charge in [-0.1, -0.05) is 60.7 Å². The Morgan fingerprint density at radius 1 is 0.492 bits per heavy atom. The molecule has 10 nitrogen and oxygen atoms in total. The van der Waals surface area contributed by atoms with Crippen LogP contribution in [0.1, 0.15) is 92.1 Å². The summed E-state index contributed by atoms with van der Waals surface area (Å²) in [6.07, 6.45) is 0. The number of aryl methyl sites for hydroxylation is 3. The Labute approximate surface area is 365 Å². The van der Waals surface area contributed by atoms with Crippen LogP contribution in [0.3, 0.4) is 0 Å². The average Bonchev–Trinajstić information content (AvgIpc) is 3.60. The lowest BCUT2D eigenvalue weighted by Gasteiger charge is -2.31. The molecule has 1 heterocycles. The zero-order chi connectivity index (χ0) is 44.4. The summed E-state index contributed by atoms with van der Waals surface area (Å²) in [6, 6.07) is 45.1. The van der Waals surface area contributed by atoms with Crippen LogP contribution in [0.5, 0.6) is 0 Å². The van der Waals surface area contributed by atoms with Crippen LogP contribution in [0.25, 0.3) is 11.1 Å². The molecule has 4 N–H and O–H groups in total. The monoisotopic (exact) mass is 832 g/mol. The first-order chi connectivity index (χ1) is 30.3. The van der Waals surface area contributed by atoms with Gasteiger partial charge < -0.3 is 26.0 Å². The smallest absolute Gasteiger partial charge is 0.340 e. The van der Waals surface area contributed by atoms with Gasteiger partial charge in [0.15, 0.2) is 11.4 Å². The highest BCUT2D eigenvalue weighted by atomic mass is 16.6. The number of rotatable bonds is 11. The molecule has 7 aromatic carbocycles. The number of carbonyl (C=O) groups is 5. The fourth-order valence-electron chi connectivity index (χ4n) is 7.95. The van der Waals surface area contributed by atoms with Gasteiger partial charge in [-0.15, -0.1) is 0 Å². The molecule has 8 rings (SSSR count). The van der Waals surface area contributed by atoms with Crippen molar-refractivity contribution in [2.75, 3.05) is 28.3 Å². The molecule has 1 unspecified atom stereocenters. The van der Waals surface area contributed by atoms with Gasteiger partial charge in [0.25, 0.3) is 17.7 Å². The van der Waals surface area contributed by atoms with Gasteiger partial charge in [0.05, 0.1) is 5.56 Å². The van der Waals surface area contributed by atoms with Crippen LogP contribution < -0.4 is 21.3 Å². The van der Waals surface area contributed by atoms with E-state index in [1.165, 1.54) is 6.92 Å². The number of ether oxygens (including phenoxy) is 1. The van der Waals surface area contributed by atoms with Gasteiger partial charge >= 0.3 is 5.97 Å². The van der Waals surface area contributed by atoms with Gasteiger partial charge in [-0.3, -0.25) is 19.2 Å². The van der Waals surface area contributed by atoms with Gasteiger partial charge in [-0.05, 0) is 147 Å². The average molecular weight is 833 g/mol. The predicted octanol–water partition coefficient (Wildman–Crippen LogP) is 10.7. The number of Topliss-reactive ketones (excluding diaryl/α,β-unsaturated/α-hetero) is 1. The molecule has 0 radical (unpaired) electrons. The Hall–Kier alpha value is -8.11. The summed E-state index contributed by atoms with van der Waals surface area (Å²) >= 11 is 0. The second-order valence-electron chi connectivity index (χ2n) is 15.6. The zero-order valence-corrected chi connectivity index (χ0v) is 35.4. The molecule has 0 fully saturated rings. The molecule has 3 amide bonds. The number of nitrogens with one attached hydrogen (secondary N) is 4. The maximum Gasteiger partial charge on any atom is 0.340 e. The molecule has 0 spiro atoms. The number of benzene rings is 7. The predicted molar refractivity (Wildman–Crippen MR) is 247 cm³/mol. The lowest BCUT2D eigenvalue weighted by Crippen LogP contribution is -2.29. The van der Waals surface area contributed by atoms with Crippen molar-refractivity contribution in [3.8, 4) is 11.1 Å². The number of cyclic esters (lactones) is 1. The van der Waals surface area contributed by atoms with Gasteiger partial charge in [0.2, 0.25) is 0 Å². The van der Waals surface area contributed by atoms with Crippen LogP contribution in [-0.2, 0) is 10.3 Å². The van der Waals surface area contributed by atoms with Crippen LogP contribution in [0.15, 0.2) is 152 Å². The number of amides is 3. The Kier molecular flexibility index (Phi) is 11.3. The Bertz CT molecular complexity index is 2960. The Morgan fingerprint density at radius 2 is 0.952 bits per heavy atom. The van der Waals surface area contributed by atoms with E-state index in [2.05, 4.69) is 21.3 Å². The maximum atomic E-state index is 13.4. The quantitative estimate of drug-likeness (QED) is 0.0751. The SMILES string of the molecule is CNc1ccc(C2(c3ccc(NC(=O)c4ccc(C(=O)Nc5ccc(-c6ccc(NC(=O)c7ccc(C(C)=O)cc7)c(C)c6)cc5C)cc4)cc3)OC(=O)c3ccccc32)cc1C. The molecule has 63 heavy (non-hydrogen) atoms. The summed E-state index contributed by atoms with van der Waals surface area (Å²) in [6.45, 7) is 7.32. The molecule has 0 bridgehead atoms. The van der Waals surface area contributed by atoms with Crippen LogP contribution in [-0.4, -0.2) is 36.5 Å². The van der Waals surface area contributed by atoms with E-state index >= 15 is 0 Å². The highest BCUT2D eigenvalue weighted by Gasteiger charge is 2.48. The van der Waals surface area contributed by atoms with E-state index in [0.717, 1.165) is 50.2 Å². The van der Waals surface area contributed by atoms with Crippen molar-refractivity contribution in [1.82, 2.24) is 0 Å². The van der Waals surface area contributed by atoms with Crippen LogP contribution in [0.2, 0.25) is 0 Å². The third kappa shape index (κ3) is 8.22. The van der Waals surface area contributed by atoms with Crippen molar-refractivity contribution < 1.29 is 28.7 Å². The number of hydrogen-bond donors (Lipinski definition) is 4. The molecule has 1 aliphatic rings. The van der Waals surface area contributed by atoms with Crippen molar-refractivity contribution in [2.24, 2.45) is 0 Å². The molecular formula is C53H44N4O6. The molecule has 0 aromatic heterocycles. The van der Waals surface area contributed by atoms with E-state index in [1.807, 2.05) is 113 Å². The fraction of sp³-hybridized carbons (Fsp3) is 0.113. The minimum absolute atomic E-state index is 0.0608. The third-order valence-electron chi connectivity index (χ3n) is 11.5. The lowest BCUT2D eigenvalue weighted by molar-refractivity contribution is 0.0251. The van der Waals surface area contributed by atoms with Crippen molar-refractivity contribution in [2.45, 2.75) is 33.3 Å². The van der Waals surface area contributed by atoms with E-state index in [0.29, 0.717) is 44.9 Å². The molecule has 7 aromatic rings. The number of fused-ring (bicyclic) bond motifs is 1. The normalized spacial score (nSPS) is 14.0. The van der Waals surface area contributed by atoms with E-state index in [1.54, 1.807) is 66.7 Å². The summed E-state index contributed by atoms with van der Waals surface area (Å²) in [5, 5.41) is 12.1. The van der Waals surface area contributed by atoms with Crippen LogP contribution in [0, 0.1) is 20.8 Å². The molecule has 0 saturated carbocycles. The number of anilines is 4. The standard InChI is InChI=1S/C53H44N4O6/c1-31-28-39(18-25-47(31)56-50(60)37-12-10-35(11-13-37)34(4)58)40-19-26-48(32(2)29-40)57-51(61)38-16-14-36(15-17-38)49(59)55-43-23-20-41(21-24-43)53(42-22-27-46(54-5)33(3)30-42)45-9-7-6-8-44(45)52(62)63-53/h6-30,54H,1-5H3,(H,55,59)(H,56,60)(H,57,61). The van der Waals surface area contributed by atoms with Crippen LogP contribution >= 0.6 is 0 Å². The number of hydrogen-bond acceptors (Lipinski definition) is 7. The minimum Gasteiger partial charge on any atom is -0.441 e. The largest absolute Gasteiger partial charge is 0.441 e. The topological polar surface area (TPSA) is 143 Å². The number of carbonyl (C=O) groups excluding carboxylic acids is 5. The number of esters is 1. The maximum absolute atomic E-state index is 13.4. The second-order valence-corrected chi connectivity index (χ2v) is 15.6. The molecule has 0 aliphatic carbocycles. The summed E-state index contributed by atoms with van der Waals surface area (Å²) in [5.74, 6) is -1.40. The van der Waals surface area contributed by atoms with Crippen molar-refractivity contribution in [1.29, 1.82) is 0 Å². The lowest BCUT2D eigenvalue weighted by atomic mass is 9.79. The summed E-state index contributed by atoms with van der Waals surface area (Å²) in [5.41, 5.74) is 10.8. The van der Waals surface area contributed by atoms with Gasteiger partial charge in [0, 0.05) is 68.7 Å². The van der Waals surface area contributed by atoms with E-state index < -0.39 is 11.6 Å². The highest BCUT2D eigenvalue weighted by molar-refractivity contribution is 6.08. The van der Waals surface area contributed by atoms with Crippen molar-refractivity contribution >= 4 is 52.2 Å². The Balaban J connectivity index is 0.911. The van der Waals surface area contributed by atoms with Crippen molar-refractivity contribution in [3.63, 3.8) is 0 Å². The van der Waals surface area contributed by atoms with Crippen LogP contribution in [0.4, 0.5) is 22.7 Å². The summed E-state index contributed by atoms with van der Waals surface area (Å²) in [7, 11) is 1.86. The zero-order valence-electron chi connectivity index (χ0n) is 35.4. The van der Waals surface area contributed by atoms with E-state index in [4.69, 9.17) is 4.74 Å². The first-order valence-electron chi connectivity index (χ1n) is 20.4. The minimum atomic E-state index is -1.17. The highest BCUT2D eigenvalue weighted by Crippen LogP contribution is 2.47. The second kappa shape index (κ2) is 17.1. The van der Waals surface area contributed by atoms with E-state index in [-0.39, 0.29) is 23.5 Å². The van der Waals surface area contributed by atoms with Gasteiger partial charge in [-0.2, -0.15) is 0 Å². The summed E-state index contributed by atoms with van der Waals surface area (Å²) in [4.78, 5) is 64.4. The van der Waals surface area contributed by atoms with Gasteiger partial charge in [0.1, 0.15) is 0 Å². The number of ketones is 1. The third-order valence-corrected chi connectivity index (χ3v) is 11.5. The fourth-order valence-corrected chi connectivity index (χ4v) is 7.95. The molecular weight excluding hydrogens is 789 g/mol. The van der Waals surface area contributed by atoms with E-state index in [9.17, 15) is 24.0 Å². The first-order valence-corrected chi connectivity index (χ1v) is 20.4. The molecule has 312 valence electrons. The van der Waals surface area contributed by atoms with Crippen molar-refractivity contribution in [3.05, 3.63) is 213 Å². The first kappa shape index (κ1) is 41.6. The van der Waals surface area contributed by atoms with Gasteiger partial charge in [-0.25, -0.2) is 4.79 Å². The molecule has 10 heteroatoms. The molecule has 1 aliphatic heterocycles. The summed E-state index contributed by atoms with van der Waals surface area (Å²) < 4.78 is 6.25. The Morgan fingerprint density at radius 3 is 1.44 bits per heavy atom.